The van der Waals surface area contributed by atoms with E-state index in [1.54, 1.807) is 19.1 Å². The van der Waals surface area contributed by atoms with Crippen molar-refractivity contribution in [3.8, 4) is 11.1 Å². The van der Waals surface area contributed by atoms with Gasteiger partial charge in [0.2, 0.25) is 5.69 Å². The lowest BCUT2D eigenvalue weighted by molar-refractivity contribution is 0.0519. The number of nitrogen functional groups attached to an aromatic ring is 1. The van der Waals surface area contributed by atoms with Crippen molar-refractivity contribution >= 4 is 29.0 Å². The second kappa shape index (κ2) is 7.06. The molecule has 0 amide bonds. The van der Waals surface area contributed by atoms with Gasteiger partial charge in [-0.3, -0.25) is 0 Å². The molecule has 0 atom stereocenters. The number of carbonyl (C=O) groups is 1. The predicted molar refractivity (Wildman–Crippen MR) is 95.6 cm³/mol. The summed E-state index contributed by atoms with van der Waals surface area (Å²) in [5.74, 6) is -0.504. The molecular weight excluding hydrogens is 342 g/mol. The minimum absolute atomic E-state index is 0.0393. The summed E-state index contributed by atoms with van der Waals surface area (Å²) in [6.45, 7) is 4.01. The second-order valence-corrected chi connectivity index (χ2v) is 5.90. The molecule has 0 spiro atoms. The molecule has 7 nitrogen and oxygen atoms in total. The smallest absolute Gasteiger partial charge is 0.362 e. The number of fused-ring (bicyclic) bond motifs is 1. The summed E-state index contributed by atoms with van der Waals surface area (Å²) in [6, 6.07) is 7.41. The number of nitrogens with two attached hydrogens (primary N) is 1. The summed E-state index contributed by atoms with van der Waals surface area (Å²) in [5, 5.41) is 13.3. The number of ether oxygens (including phenoxy) is 1. The van der Waals surface area contributed by atoms with Gasteiger partial charge in [-0.15, -0.1) is 10.2 Å². The molecule has 0 saturated carbocycles. The van der Waals surface area contributed by atoms with Gasteiger partial charge in [-0.1, -0.05) is 37.1 Å². The normalized spacial score (nSPS) is 11.0. The van der Waals surface area contributed by atoms with Crippen LogP contribution >= 0.6 is 11.6 Å². The molecule has 2 N–H and O–H groups in total. The van der Waals surface area contributed by atoms with E-state index in [0.29, 0.717) is 10.7 Å². The molecule has 8 heteroatoms. The van der Waals surface area contributed by atoms with Crippen molar-refractivity contribution in [3.05, 3.63) is 40.7 Å². The first kappa shape index (κ1) is 17.2. The first-order valence-electron chi connectivity index (χ1n) is 8.03. The molecule has 3 rings (SSSR count). The van der Waals surface area contributed by atoms with Crippen molar-refractivity contribution in [1.82, 2.24) is 19.8 Å². The predicted octanol–water partition coefficient (Wildman–Crippen LogP) is 3.16. The quantitative estimate of drug-likeness (QED) is 0.703. The molecule has 0 aliphatic heterocycles. The van der Waals surface area contributed by atoms with Crippen molar-refractivity contribution in [2.45, 2.75) is 26.7 Å². The summed E-state index contributed by atoms with van der Waals surface area (Å²) < 4.78 is 6.42. The van der Waals surface area contributed by atoms with Crippen molar-refractivity contribution in [1.29, 1.82) is 0 Å². The lowest BCUT2D eigenvalue weighted by atomic mass is 10.0. The molecule has 0 saturated heterocycles. The van der Waals surface area contributed by atoms with Crippen LogP contribution in [0.4, 0.5) is 5.82 Å². The number of anilines is 1. The first-order chi connectivity index (χ1) is 12.1. The summed E-state index contributed by atoms with van der Waals surface area (Å²) in [5.41, 5.74) is 9.16. The number of benzene rings is 1. The number of aromatic nitrogens is 4. The van der Waals surface area contributed by atoms with Crippen LogP contribution in [-0.4, -0.2) is 32.4 Å². The highest BCUT2D eigenvalue weighted by Gasteiger charge is 2.22. The number of esters is 1. The van der Waals surface area contributed by atoms with Gasteiger partial charge in [0.25, 0.3) is 0 Å². The lowest BCUT2D eigenvalue weighted by Crippen LogP contribution is -2.15. The van der Waals surface area contributed by atoms with Gasteiger partial charge < -0.3 is 10.5 Å². The van der Waals surface area contributed by atoms with E-state index >= 15 is 0 Å². The van der Waals surface area contributed by atoms with E-state index in [0.717, 1.165) is 29.7 Å². The number of nitrogens with zero attached hydrogens (tertiary/aromatic N) is 4. The standard InChI is InChI=1S/C17H18ClN5O2/c1-3-5-12-13(10-6-8-11(18)9-7-10)16-21-20-14(17(24)25-4-2)15(19)23(16)22-12/h6-9H,3-5,19H2,1-2H3. The zero-order chi connectivity index (χ0) is 18.0. The van der Waals surface area contributed by atoms with Gasteiger partial charge in [-0.25, -0.2) is 4.79 Å². The second-order valence-electron chi connectivity index (χ2n) is 5.47. The molecule has 0 radical (unpaired) electrons. The first-order valence-corrected chi connectivity index (χ1v) is 8.41. The summed E-state index contributed by atoms with van der Waals surface area (Å²) >= 11 is 5.98. The van der Waals surface area contributed by atoms with E-state index in [-0.39, 0.29) is 18.1 Å². The number of hydrogen-bond acceptors (Lipinski definition) is 6. The van der Waals surface area contributed by atoms with Gasteiger partial charge in [0, 0.05) is 5.02 Å². The maximum absolute atomic E-state index is 12.0. The van der Waals surface area contributed by atoms with Crippen LogP contribution in [-0.2, 0) is 11.2 Å². The Morgan fingerprint density at radius 2 is 1.96 bits per heavy atom. The highest BCUT2D eigenvalue weighted by molar-refractivity contribution is 6.30. The molecule has 0 bridgehead atoms. The number of rotatable bonds is 5. The Labute approximate surface area is 149 Å². The van der Waals surface area contributed by atoms with E-state index in [4.69, 9.17) is 22.1 Å². The van der Waals surface area contributed by atoms with Crippen LogP contribution in [0.5, 0.6) is 0 Å². The van der Waals surface area contributed by atoms with Gasteiger partial charge in [-0.2, -0.15) is 9.61 Å². The van der Waals surface area contributed by atoms with Crippen LogP contribution in [0.2, 0.25) is 5.02 Å². The van der Waals surface area contributed by atoms with Gasteiger partial charge in [0.15, 0.2) is 11.5 Å². The molecule has 25 heavy (non-hydrogen) atoms. The van der Waals surface area contributed by atoms with Gasteiger partial charge in [-0.05, 0) is 31.0 Å². The van der Waals surface area contributed by atoms with Crippen molar-refractivity contribution < 1.29 is 9.53 Å². The highest BCUT2D eigenvalue weighted by Crippen LogP contribution is 2.30. The summed E-state index contributed by atoms with van der Waals surface area (Å²) in [6.07, 6.45) is 1.65. The molecule has 0 fully saturated rings. The van der Waals surface area contributed by atoms with Crippen molar-refractivity contribution in [2.24, 2.45) is 0 Å². The monoisotopic (exact) mass is 359 g/mol. The Balaban J connectivity index is 2.22. The average Bonchev–Trinajstić information content (AvgIpc) is 2.96. The number of hydrogen-bond donors (Lipinski definition) is 1. The molecule has 2 heterocycles. The Morgan fingerprint density at radius 1 is 1.24 bits per heavy atom. The van der Waals surface area contributed by atoms with E-state index < -0.39 is 5.97 Å². The van der Waals surface area contributed by atoms with Crippen LogP contribution in [0.1, 0.15) is 36.5 Å². The summed E-state index contributed by atoms with van der Waals surface area (Å²) in [7, 11) is 0. The zero-order valence-electron chi connectivity index (χ0n) is 14.0. The largest absolute Gasteiger partial charge is 0.461 e. The van der Waals surface area contributed by atoms with E-state index in [9.17, 15) is 4.79 Å². The molecule has 0 aliphatic rings. The molecule has 3 aromatic rings. The summed E-state index contributed by atoms with van der Waals surface area (Å²) in [4.78, 5) is 12.0. The van der Waals surface area contributed by atoms with E-state index in [1.807, 2.05) is 12.1 Å². The number of carbonyl (C=O) groups excluding carboxylic acids is 1. The van der Waals surface area contributed by atoms with Crippen LogP contribution in [0, 0.1) is 0 Å². The molecule has 130 valence electrons. The fourth-order valence-electron chi connectivity index (χ4n) is 2.63. The fraction of sp³-hybridized carbons (Fsp3) is 0.294. The Morgan fingerprint density at radius 3 is 2.60 bits per heavy atom. The maximum atomic E-state index is 12.0. The Bertz CT molecular complexity index is 921. The zero-order valence-corrected chi connectivity index (χ0v) is 14.7. The molecule has 1 aromatic carbocycles. The van der Waals surface area contributed by atoms with Crippen LogP contribution in [0.3, 0.4) is 0 Å². The third kappa shape index (κ3) is 3.15. The lowest BCUT2D eigenvalue weighted by Gasteiger charge is -2.05. The van der Waals surface area contributed by atoms with Gasteiger partial charge in [0.1, 0.15) is 0 Å². The Kier molecular flexibility index (Phi) is 4.85. The van der Waals surface area contributed by atoms with E-state index in [2.05, 4.69) is 22.2 Å². The third-order valence-electron chi connectivity index (χ3n) is 3.74. The topological polar surface area (TPSA) is 95.4 Å². The van der Waals surface area contributed by atoms with E-state index in [1.165, 1.54) is 4.52 Å². The fourth-order valence-corrected chi connectivity index (χ4v) is 2.76. The average molecular weight is 360 g/mol. The Hall–Kier alpha value is -2.67. The van der Waals surface area contributed by atoms with Crippen LogP contribution < -0.4 is 5.73 Å². The highest BCUT2D eigenvalue weighted by atomic mass is 35.5. The number of halogens is 1. The minimum Gasteiger partial charge on any atom is -0.461 e. The van der Waals surface area contributed by atoms with Crippen molar-refractivity contribution in [3.63, 3.8) is 0 Å². The van der Waals surface area contributed by atoms with Crippen LogP contribution in [0.15, 0.2) is 24.3 Å². The molecule has 0 aliphatic carbocycles. The third-order valence-corrected chi connectivity index (χ3v) is 3.99. The van der Waals surface area contributed by atoms with Gasteiger partial charge in [0.05, 0.1) is 17.9 Å². The minimum atomic E-state index is -0.616. The molecule has 0 unspecified atom stereocenters. The number of aryl methyl sites for hydroxylation is 1. The molecular formula is C17H18ClN5O2. The van der Waals surface area contributed by atoms with Crippen LogP contribution in [0.25, 0.3) is 16.8 Å². The van der Waals surface area contributed by atoms with Crippen molar-refractivity contribution in [2.75, 3.05) is 12.3 Å². The SMILES string of the molecule is CCCc1nn2c(N)c(C(=O)OCC)nnc2c1-c1ccc(Cl)cc1. The maximum Gasteiger partial charge on any atom is 0.362 e. The van der Waals surface area contributed by atoms with Gasteiger partial charge >= 0.3 is 5.97 Å². The molecule has 2 aromatic heterocycles.